The third kappa shape index (κ3) is 5.79. The normalized spacial score (nSPS) is 17.5. The standard InChI is InChI=1S/C26H31N3O5S/c1-19(2)20-8-10-23(11-9-20)35(32,33)28-15-12-22(13-16-28)26(31)34-18-25(30)29-17-14-24(27-29)21-6-4-3-5-7-21/h3-11,19,22H,12-18H2,1-2H3. The average Bonchev–Trinajstić information content (AvgIpc) is 3.38. The summed E-state index contributed by atoms with van der Waals surface area (Å²) in [5, 5.41) is 5.71. The maximum atomic E-state index is 13.0. The highest BCUT2D eigenvalue weighted by Crippen LogP contribution is 2.26. The number of nitrogens with zero attached hydrogens (tertiary/aromatic N) is 3. The highest BCUT2D eigenvalue weighted by atomic mass is 32.2. The van der Waals surface area contributed by atoms with E-state index >= 15 is 0 Å². The van der Waals surface area contributed by atoms with Gasteiger partial charge in [0.25, 0.3) is 5.91 Å². The zero-order valence-corrected chi connectivity index (χ0v) is 20.9. The molecule has 2 heterocycles. The highest BCUT2D eigenvalue weighted by Gasteiger charge is 2.33. The highest BCUT2D eigenvalue weighted by molar-refractivity contribution is 7.89. The second kappa shape index (κ2) is 10.7. The summed E-state index contributed by atoms with van der Waals surface area (Å²) in [6.07, 6.45) is 1.36. The van der Waals surface area contributed by atoms with Gasteiger partial charge in [-0.05, 0) is 42.0 Å². The van der Waals surface area contributed by atoms with E-state index in [9.17, 15) is 18.0 Å². The third-order valence-corrected chi connectivity index (χ3v) is 8.42. The van der Waals surface area contributed by atoms with Crippen LogP contribution in [0.25, 0.3) is 0 Å². The molecule has 35 heavy (non-hydrogen) atoms. The molecule has 9 heteroatoms. The van der Waals surface area contributed by atoms with Crippen molar-refractivity contribution in [2.45, 2.75) is 43.9 Å². The Bertz CT molecular complexity index is 1190. The van der Waals surface area contributed by atoms with Gasteiger partial charge in [0, 0.05) is 19.5 Å². The van der Waals surface area contributed by atoms with Crippen molar-refractivity contribution in [2.75, 3.05) is 26.2 Å². The smallest absolute Gasteiger partial charge is 0.309 e. The topological polar surface area (TPSA) is 96.3 Å². The van der Waals surface area contributed by atoms with E-state index < -0.39 is 21.9 Å². The van der Waals surface area contributed by atoms with Crippen LogP contribution in [-0.2, 0) is 24.3 Å². The van der Waals surface area contributed by atoms with E-state index in [1.807, 2.05) is 42.5 Å². The molecule has 0 aromatic heterocycles. The Balaban J connectivity index is 1.26. The fourth-order valence-electron chi connectivity index (χ4n) is 4.30. The molecule has 186 valence electrons. The molecule has 0 spiro atoms. The van der Waals surface area contributed by atoms with Gasteiger partial charge in [-0.1, -0.05) is 56.3 Å². The molecule has 0 aliphatic carbocycles. The first-order chi connectivity index (χ1) is 16.8. The van der Waals surface area contributed by atoms with Crippen LogP contribution in [0.15, 0.2) is 64.6 Å². The van der Waals surface area contributed by atoms with E-state index in [2.05, 4.69) is 18.9 Å². The molecule has 2 aliphatic heterocycles. The van der Waals surface area contributed by atoms with Gasteiger partial charge in [0.05, 0.1) is 23.1 Å². The summed E-state index contributed by atoms with van der Waals surface area (Å²) in [6, 6.07) is 16.6. The molecule has 1 amide bonds. The molecular formula is C26H31N3O5S. The Hall–Kier alpha value is -3.04. The lowest BCUT2D eigenvalue weighted by atomic mass is 9.98. The summed E-state index contributed by atoms with van der Waals surface area (Å²) < 4.78 is 32.6. The molecule has 0 atom stereocenters. The summed E-state index contributed by atoms with van der Waals surface area (Å²) in [4.78, 5) is 25.3. The molecule has 0 bridgehead atoms. The molecule has 2 aliphatic rings. The predicted molar refractivity (Wildman–Crippen MR) is 132 cm³/mol. The third-order valence-electron chi connectivity index (χ3n) is 6.51. The first-order valence-electron chi connectivity index (χ1n) is 12.0. The Kier molecular flexibility index (Phi) is 7.66. The molecular weight excluding hydrogens is 466 g/mol. The maximum absolute atomic E-state index is 13.0. The molecule has 2 aromatic carbocycles. The van der Waals surface area contributed by atoms with E-state index in [-0.39, 0.29) is 30.5 Å². The summed E-state index contributed by atoms with van der Waals surface area (Å²) in [5.41, 5.74) is 2.88. The van der Waals surface area contributed by atoms with Crippen LogP contribution in [-0.4, -0.2) is 61.6 Å². The van der Waals surface area contributed by atoms with E-state index in [1.54, 1.807) is 12.1 Å². The van der Waals surface area contributed by atoms with Crippen molar-refractivity contribution < 1.29 is 22.7 Å². The van der Waals surface area contributed by atoms with Crippen molar-refractivity contribution in [2.24, 2.45) is 11.0 Å². The van der Waals surface area contributed by atoms with Crippen LogP contribution in [0, 0.1) is 5.92 Å². The number of carbonyl (C=O) groups is 2. The van der Waals surface area contributed by atoms with Gasteiger partial charge < -0.3 is 4.74 Å². The van der Waals surface area contributed by atoms with Crippen molar-refractivity contribution in [1.82, 2.24) is 9.31 Å². The largest absolute Gasteiger partial charge is 0.455 e. The van der Waals surface area contributed by atoms with Gasteiger partial charge in [0.1, 0.15) is 0 Å². The Morgan fingerprint density at radius 3 is 2.29 bits per heavy atom. The second-order valence-electron chi connectivity index (χ2n) is 9.19. The zero-order valence-electron chi connectivity index (χ0n) is 20.1. The van der Waals surface area contributed by atoms with Crippen molar-refractivity contribution in [3.8, 4) is 0 Å². The number of hydrogen-bond acceptors (Lipinski definition) is 6. The zero-order chi connectivity index (χ0) is 25.0. The monoisotopic (exact) mass is 497 g/mol. The summed E-state index contributed by atoms with van der Waals surface area (Å²) in [7, 11) is -3.61. The molecule has 1 saturated heterocycles. The lowest BCUT2D eigenvalue weighted by Gasteiger charge is -2.30. The fourth-order valence-corrected chi connectivity index (χ4v) is 5.77. The first-order valence-corrected chi connectivity index (χ1v) is 13.4. The van der Waals surface area contributed by atoms with Gasteiger partial charge in [0.15, 0.2) is 6.61 Å². The van der Waals surface area contributed by atoms with Gasteiger partial charge in [-0.3, -0.25) is 9.59 Å². The number of rotatable bonds is 7. The minimum absolute atomic E-state index is 0.235. The van der Waals surface area contributed by atoms with Crippen LogP contribution in [0.3, 0.4) is 0 Å². The molecule has 0 saturated carbocycles. The number of hydrazone groups is 1. The van der Waals surface area contributed by atoms with Gasteiger partial charge in [-0.25, -0.2) is 13.4 Å². The summed E-state index contributed by atoms with van der Waals surface area (Å²) in [6.45, 7) is 4.67. The number of hydrogen-bond donors (Lipinski definition) is 0. The van der Waals surface area contributed by atoms with Crippen molar-refractivity contribution in [3.05, 3.63) is 65.7 Å². The number of sulfonamides is 1. The van der Waals surface area contributed by atoms with Crippen LogP contribution in [0.4, 0.5) is 0 Å². The molecule has 4 rings (SSSR count). The molecule has 0 N–H and O–H groups in total. The van der Waals surface area contributed by atoms with Crippen molar-refractivity contribution in [3.63, 3.8) is 0 Å². The molecule has 2 aromatic rings. The second-order valence-corrected chi connectivity index (χ2v) is 11.1. The number of esters is 1. The lowest BCUT2D eigenvalue weighted by Crippen LogP contribution is -2.41. The quantitative estimate of drug-likeness (QED) is 0.547. The van der Waals surface area contributed by atoms with Crippen LogP contribution in [0.5, 0.6) is 0 Å². The number of benzene rings is 2. The Morgan fingerprint density at radius 2 is 1.66 bits per heavy atom. The molecule has 0 radical (unpaired) electrons. The van der Waals surface area contributed by atoms with Crippen molar-refractivity contribution >= 4 is 27.6 Å². The van der Waals surface area contributed by atoms with Crippen LogP contribution >= 0.6 is 0 Å². The summed E-state index contributed by atoms with van der Waals surface area (Å²) in [5.74, 6) is -0.944. The van der Waals surface area contributed by atoms with Crippen LogP contribution in [0.2, 0.25) is 0 Å². The SMILES string of the molecule is CC(C)c1ccc(S(=O)(=O)N2CCC(C(=O)OCC(=O)N3CCC(c4ccccc4)=N3)CC2)cc1. The Labute approximate surface area is 206 Å². The molecule has 0 unspecified atom stereocenters. The average molecular weight is 498 g/mol. The molecule has 1 fully saturated rings. The van der Waals surface area contributed by atoms with Gasteiger partial charge in [0.2, 0.25) is 10.0 Å². The number of amides is 1. The van der Waals surface area contributed by atoms with Gasteiger partial charge >= 0.3 is 5.97 Å². The number of ether oxygens (including phenoxy) is 1. The van der Waals surface area contributed by atoms with Crippen molar-refractivity contribution in [1.29, 1.82) is 0 Å². The molecule has 8 nitrogen and oxygen atoms in total. The van der Waals surface area contributed by atoms with Crippen LogP contribution in [0.1, 0.15) is 50.2 Å². The maximum Gasteiger partial charge on any atom is 0.309 e. The summed E-state index contributed by atoms with van der Waals surface area (Å²) >= 11 is 0. The minimum Gasteiger partial charge on any atom is -0.455 e. The Morgan fingerprint density at radius 1 is 1.00 bits per heavy atom. The fraction of sp³-hybridized carbons (Fsp3) is 0.423. The van der Waals surface area contributed by atoms with E-state index in [0.29, 0.717) is 31.7 Å². The van der Waals surface area contributed by atoms with Gasteiger partial charge in [-0.2, -0.15) is 9.41 Å². The lowest BCUT2D eigenvalue weighted by molar-refractivity contribution is -0.156. The van der Waals surface area contributed by atoms with E-state index in [0.717, 1.165) is 16.8 Å². The predicted octanol–water partition coefficient (Wildman–Crippen LogP) is 3.39. The van der Waals surface area contributed by atoms with Gasteiger partial charge in [-0.15, -0.1) is 0 Å². The van der Waals surface area contributed by atoms with E-state index in [4.69, 9.17) is 4.74 Å². The van der Waals surface area contributed by atoms with Crippen LogP contribution < -0.4 is 0 Å². The number of piperidine rings is 1. The number of carbonyl (C=O) groups excluding carboxylic acids is 2. The van der Waals surface area contributed by atoms with E-state index in [1.165, 1.54) is 9.31 Å². The first kappa shape index (κ1) is 25.1. The minimum atomic E-state index is -3.61.